The zero-order valence-corrected chi connectivity index (χ0v) is 15.2. The van der Waals surface area contributed by atoms with E-state index in [0.717, 1.165) is 4.90 Å². The predicted molar refractivity (Wildman–Crippen MR) is 102 cm³/mol. The molecule has 0 N–H and O–H groups in total. The van der Waals surface area contributed by atoms with E-state index in [9.17, 15) is 24.5 Å². The summed E-state index contributed by atoms with van der Waals surface area (Å²) in [7, 11) is 0. The molecular weight excluding hydrogens is 392 g/mol. The summed E-state index contributed by atoms with van der Waals surface area (Å²) in [4.78, 5) is 48.1. The molecule has 0 radical (unpaired) electrons. The number of halogens is 1. The largest absolute Gasteiger partial charge is 0.293 e. The second kappa shape index (κ2) is 7.73. The molecule has 1 aliphatic rings. The van der Waals surface area contributed by atoms with Crippen LogP contribution < -0.4 is 0 Å². The van der Waals surface area contributed by atoms with Crippen LogP contribution in [-0.4, -0.2) is 33.3 Å². The van der Waals surface area contributed by atoms with E-state index in [1.54, 1.807) is 30.3 Å². The number of hydrogen-bond acceptors (Lipinski definition) is 6. The highest BCUT2D eigenvalue weighted by Crippen LogP contribution is 2.33. The molecule has 0 saturated carbocycles. The number of benzene rings is 2. The van der Waals surface area contributed by atoms with E-state index in [4.69, 9.17) is 11.6 Å². The number of amides is 2. The molecule has 7 nitrogen and oxygen atoms in total. The first kappa shape index (κ1) is 18.8. The third kappa shape index (κ3) is 4.07. The summed E-state index contributed by atoms with van der Waals surface area (Å²) in [6.07, 6.45) is 1.36. The van der Waals surface area contributed by atoms with Gasteiger partial charge >= 0.3 is 0 Å². The van der Waals surface area contributed by atoms with Gasteiger partial charge in [0.2, 0.25) is 0 Å². The molecule has 2 aromatic carbocycles. The van der Waals surface area contributed by atoms with E-state index < -0.39 is 16.1 Å². The Morgan fingerprint density at radius 1 is 1.19 bits per heavy atom. The average molecular weight is 403 g/mol. The molecule has 0 aromatic heterocycles. The smallest absolute Gasteiger partial charge is 0.292 e. The van der Waals surface area contributed by atoms with Crippen LogP contribution in [0.3, 0.4) is 0 Å². The van der Waals surface area contributed by atoms with Crippen LogP contribution in [0.2, 0.25) is 5.02 Å². The topological polar surface area (TPSA) is 97.6 Å². The van der Waals surface area contributed by atoms with Gasteiger partial charge in [-0.25, -0.2) is 0 Å². The van der Waals surface area contributed by atoms with Crippen LogP contribution in [0.5, 0.6) is 0 Å². The standard InChI is InChI=1S/C18H11ClN2O5S/c19-13-7-6-11(8-14(13)21(25)26)9-16-17(23)20(18(24)27-16)10-15(22)12-4-2-1-3-5-12/h1-9H,10H2/b16-9-. The molecule has 1 heterocycles. The number of nitrogens with zero attached hydrogens (tertiary/aromatic N) is 2. The van der Waals surface area contributed by atoms with E-state index in [1.165, 1.54) is 24.3 Å². The third-order valence-corrected chi connectivity index (χ3v) is 4.96. The van der Waals surface area contributed by atoms with Crippen molar-refractivity contribution in [1.29, 1.82) is 0 Å². The number of imide groups is 1. The Labute approximate surface area is 162 Å². The van der Waals surface area contributed by atoms with Gasteiger partial charge in [-0.15, -0.1) is 0 Å². The van der Waals surface area contributed by atoms with E-state index >= 15 is 0 Å². The number of nitro groups is 1. The molecule has 0 aliphatic carbocycles. The molecule has 2 aromatic rings. The predicted octanol–water partition coefficient (Wildman–Crippen LogP) is 4.17. The van der Waals surface area contributed by atoms with E-state index in [1.807, 2.05) is 0 Å². The number of hydrogen-bond donors (Lipinski definition) is 0. The molecule has 0 bridgehead atoms. The first-order chi connectivity index (χ1) is 12.9. The summed E-state index contributed by atoms with van der Waals surface area (Å²) >= 11 is 6.44. The van der Waals surface area contributed by atoms with Gasteiger partial charge in [-0.1, -0.05) is 48.0 Å². The van der Waals surface area contributed by atoms with Gasteiger partial charge < -0.3 is 0 Å². The highest BCUT2D eigenvalue weighted by molar-refractivity contribution is 8.18. The number of Topliss-reactive ketones (excluding diaryl/α,β-unsaturated/α-hetero) is 1. The van der Waals surface area contributed by atoms with Crippen LogP contribution in [0.25, 0.3) is 6.08 Å². The number of carbonyl (C=O) groups excluding carboxylic acids is 3. The molecule has 136 valence electrons. The first-order valence-corrected chi connectivity index (χ1v) is 8.84. The van der Waals surface area contributed by atoms with Crippen molar-refractivity contribution in [2.75, 3.05) is 6.54 Å². The maximum atomic E-state index is 12.5. The second-order valence-corrected chi connectivity index (χ2v) is 6.93. The molecule has 2 amide bonds. The fourth-order valence-corrected chi connectivity index (χ4v) is 3.43. The van der Waals surface area contributed by atoms with Crippen LogP contribution in [0.1, 0.15) is 15.9 Å². The Hall–Kier alpha value is -2.97. The van der Waals surface area contributed by atoms with Crippen molar-refractivity contribution in [2.45, 2.75) is 0 Å². The molecule has 9 heteroatoms. The first-order valence-electron chi connectivity index (χ1n) is 7.64. The normalized spacial score (nSPS) is 15.4. The van der Waals surface area contributed by atoms with E-state index in [0.29, 0.717) is 22.9 Å². The van der Waals surface area contributed by atoms with Crippen molar-refractivity contribution in [3.05, 3.63) is 79.7 Å². The van der Waals surface area contributed by atoms with Crippen LogP contribution in [0, 0.1) is 10.1 Å². The summed E-state index contributed by atoms with van der Waals surface area (Å²) in [6, 6.07) is 12.4. The molecule has 1 aliphatic heterocycles. The molecule has 1 fully saturated rings. The highest BCUT2D eigenvalue weighted by atomic mass is 35.5. The quantitative estimate of drug-likeness (QED) is 0.322. The lowest BCUT2D eigenvalue weighted by Crippen LogP contribution is -2.33. The van der Waals surface area contributed by atoms with Gasteiger partial charge in [-0.05, 0) is 29.5 Å². The lowest BCUT2D eigenvalue weighted by atomic mass is 10.1. The fraction of sp³-hybridized carbons (Fsp3) is 0.0556. The summed E-state index contributed by atoms with van der Waals surface area (Å²) in [5.74, 6) is -0.979. The van der Waals surface area contributed by atoms with Crippen LogP contribution in [-0.2, 0) is 4.79 Å². The highest BCUT2D eigenvalue weighted by Gasteiger charge is 2.36. The van der Waals surface area contributed by atoms with Gasteiger partial charge in [0.05, 0.1) is 16.4 Å². The van der Waals surface area contributed by atoms with Gasteiger partial charge in [-0.2, -0.15) is 0 Å². The maximum absolute atomic E-state index is 12.5. The SMILES string of the molecule is O=C(CN1C(=O)S/C(=C\c2ccc(Cl)c([N+](=O)[O-])c2)C1=O)c1ccccc1. The lowest BCUT2D eigenvalue weighted by Gasteiger charge is -2.11. The molecule has 1 saturated heterocycles. The lowest BCUT2D eigenvalue weighted by molar-refractivity contribution is -0.384. The maximum Gasteiger partial charge on any atom is 0.293 e. The fourth-order valence-electron chi connectivity index (χ4n) is 2.41. The second-order valence-electron chi connectivity index (χ2n) is 5.53. The number of thioether (sulfide) groups is 1. The molecule has 0 atom stereocenters. The molecule has 3 rings (SSSR count). The molecule has 0 unspecified atom stereocenters. The molecular formula is C18H11ClN2O5S. The van der Waals surface area contributed by atoms with Crippen molar-refractivity contribution in [3.8, 4) is 0 Å². The van der Waals surface area contributed by atoms with Gasteiger partial charge in [-0.3, -0.25) is 29.4 Å². The monoisotopic (exact) mass is 402 g/mol. The Morgan fingerprint density at radius 3 is 2.56 bits per heavy atom. The van der Waals surface area contributed by atoms with E-state index in [-0.39, 0.29) is 27.9 Å². The Bertz CT molecular complexity index is 991. The number of nitro benzene ring substituents is 1. The van der Waals surface area contributed by atoms with Crippen molar-refractivity contribution in [3.63, 3.8) is 0 Å². The molecule has 27 heavy (non-hydrogen) atoms. The van der Waals surface area contributed by atoms with Crippen LogP contribution >= 0.6 is 23.4 Å². The van der Waals surface area contributed by atoms with Crippen LogP contribution in [0.15, 0.2) is 53.4 Å². The van der Waals surface area contributed by atoms with Crippen molar-refractivity contribution < 1.29 is 19.3 Å². The summed E-state index contributed by atoms with van der Waals surface area (Å²) in [5.41, 5.74) is 0.448. The number of carbonyl (C=O) groups is 3. The zero-order chi connectivity index (χ0) is 19.6. The summed E-state index contributed by atoms with van der Waals surface area (Å²) in [6.45, 7) is -0.368. The zero-order valence-electron chi connectivity index (χ0n) is 13.6. The van der Waals surface area contributed by atoms with Gasteiger partial charge in [0.1, 0.15) is 5.02 Å². The minimum atomic E-state index is -0.635. The summed E-state index contributed by atoms with van der Waals surface area (Å²) < 4.78 is 0. The van der Waals surface area contributed by atoms with Crippen molar-refractivity contribution >= 4 is 52.1 Å². The number of ketones is 1. The third-order valence-electron chi connectivity index (χ3n) is 3.74. The Kier molecular flexibility index (Phi) is 5.38. The number of rotatable bonds is 5. The average Bonchev–Trinajstić information content (AvgIpc) is 2.91. The van der Waals surface area contributed by atoms with Gasteiger partial charge in [0.25, 0.3) is 16.8 Å². The van der Waals surface area contributed by atoms with Crippen molar-refractivity contribution in [2.24, 2.45) is 0 Å². The van der Waals surface area contributed by atoms with Crippen molar-refractivity contribution in [1.82, 2.24) is 4.90 Å². The molecule has 0 spiro atoms. The Balaban J connectivity index is 1.82. The Morgan fingerprint density at radius 2 is 1.89 bits per heavy atom. The van der Waals surface area contributed by atoms with Crippen LogP contribution in [0.4, 0.5) is 10.5 Å². The minimum absolute atomic E-state index is 0.0290. The van der Waals surface area contributed by atoms with Gasteiger partial charge in [0, 0.05) is 11.6 Å². The minimum Gasteiger partial charge on any atom is -0.292 e. The van der Waals surface area contributed by atoms with E-state index in [2.05, 4.69) is 0 Å². The van der Waals surface area contributed by atoms with Gasteiger partial charge in [0.15, 0.2) is 5.78 Å². The summed E-state index contributed by atoms with van der Waals surface area (Å²) in [5, 5.41) is 10.4.